The smallest absolute Gasteiger partial charge is 0.251 e. The van der Waals surface area contributed by atoms with Gasteiger partial charge < -0.3 is 31.9 Å². The molecule has 0 saturated carbocycles. The van der Waals surface area contributed by atoms with Crippen molar-refractivity contribution in [3.8, 4) is 0 Å². The van der Waals surface area contributed by atoms with Crippen LogP contribution in [0.2, 0.25) is 10.0 Å². The fourth-order valence-electron chi connectivity index (χ4n) is 6.22. The molecule has 0 unspecified atom stereocenters. The lowest BCUT2D eigenvalue weighted by atomic mass is 9.67. The zero-order chi connectivity index (χ0) is 33.6. The van der Waals surface area contributed by atoms with E-state index in [1.807, 2.05) is 19.9 Å². The second-order valence-corrected chi connectivity index (χ2v) is 13.4. The molecule has 3 aromatic carbocycles. The number of aliphatic hydroxyl groups excluding tert-OH is 2. The fourth-order valence-corrected chi connectivity index (χ4v) is 6.56. The number of halogens is 4. The maximum absolute atomic E-state index is 15.8. The Kier molecular flexibility index (Phi) is 11.8. The molecule has 1 aliphatic heterocycles. The van der Waals surface area contributed by atoms with Crippen LogP contribution in [0, 0.1) is 17.0 Å². The molecule has 0 spiro atoms. The number of aliphatic hydroxyl groups is 2. The molecular formula is C34H40Cl2F2N4O4. The Morgan fingerprint density at radius 1 is 1.04 bits per heavy atom. The molecule has 46 heavy (non-hydrogen) atoms. The second kappa shape index (κ2) is 15.2. The summed E-state index contributed by atoms with van der Waals surface area (Å²) in [6, 6.07) is 15.4. The number of nitrogens with one attached hydrogen (secondary N) is 3. The number of hydrogen-bond donors (Lipinski definition) is 6. The van der Waals surface area contributed by atoms with E-state index in [2.05, 4.69) is 16.0 Å². The molecule has 3 aromatic rings. The third-order valence-corrected chi connectivity index (χ3v) is 9.20. The standard InChI is InChI=1S/C34H40Cl2F2N4O4/c1-33(2,14-16-41-31(45)20-7-4-3-5-8-20)18-27-34(39,24-12-11-21(35)17-26(24)37)28(23-9-6-10-25(36)29(23)38)30(42-27)32(46)40-15-13-22(44)19-43/h3-12,17,22,27-28,30,42-44H,13-16,18-19,39H2,1-2H3,(H,40,46)(H,41,45)/t22-,27-,28-,30+,34+/m0/s1. The maximum Gasteiger partial charge on any atom is 0.251 e. The SMILES string of the molecule is CC(C)(CCNC(=O)c1ccccc1)C[C@@H]1N[C@@H](C(=O)NCC[C@H](O)CO)[C@H](c2cccc(Cl)c2F)[C@@]1(N)c1ccc(Cl)cc1F. The first-order valence-electron chi connectivity index (χ1n) is 15.1. The third kappa shape index (κ3) is 8.05. The van der Waals surface area contributed by atoms with Crippen molar-refractivity contribution in [3.05, 3.63) is 105 Å². The Labute approximate surface area is 277 Å². The van der Waals surface area contributed by atoms with E-state index in [-0.39, 0.29) is 40.0 Å². The van der Waals surface area contributed by atoms with Gasteiger partial charge in [0.15, 0.2) is 0 Å². The Bertz CT molecular complexity index is 1530. The van der Waals surface area contributed by atoms with E-state index in [1.165, 1.54) is 24.3 Å². The van der Waals surface area contributed by atoms with Crippen LogP contribution in [0.25, 0.3) is 0 Å². The van der Waals surface area contributed by atoms with Crippen molar-refractivity contribution in [1.29, 1.82) is 0 Å². The van der Waals surface area contributed by atoms with Crippen LogP contribution in [0.15, 0.2) is 66.7 Å². The van der Waals surface area contributed by atoms with Crippen LogP contribution in [0.3, 0.4) is 0 Å². The zero-order valence-corrected chi connectivity index (χ0v) is 27.2. The molecule has 0 aromatic heterocycles. The summed E-state index contributed by atoms with van der Waals surface area (Å²) in [5.41, 5.74) is 5.69. The molecule has 1 aliphatic rings. The van der Waals surface area contributed by atoms with Crippen molar-refractivity contribution >= 4 is 35.0 Å². The minimum atomic E-state index is -1.68. The van der Waals surface area contributed by atoms with Crippen molar-refractivity contribution in [2.45, 2.75) is 62.8 Å². The molecule has 5 atom stereocenters. The first-order chi connectivity index (χ1) is 21.8. The number of carbonyl (C=O) groups is 2. The molecule has 2 amide bonds. The monoisotopic (exact) mass is 676 g/mol. The molecule has 1 saturated heterocycles. The molecular weight excluding hydrogens is 637 g/mol. The molecule has 0 radical (unpaired) electrons. The lowest BCUT2D eigenvalue weighted by molar-refractivity contribution is -0.123. The Balaban J connectivity index is 1.71. The lowest BCUT2D eigenvalue weighted by Crippen LogP contribution is -2.52. The summed E-state index contributed by atoms with van der Waals surface area (Å²) in [5.74, 6) is -3.39. The van der Waals surface area contributed by atoms with Gasteiger partial charge in [0.2, 0.25) is 5.91 Å². The van der Waals surface area contributed by atoms with Gasteiger partial charge >= 0.3 is 0 Å². The van der Waals surface area contributed by atoms with Crippen LogP contribution in [-0.4, -0.2) is 59.9 Å². The second-order valence-electron chi connectivity index (χ2n) is 12.5. The molecule has 0 aliphatic carbocycles. The van der Waals surface area contributed by atoms with E-state index in [9.17, 15) is 19.8 Å². The number of rotatable bonds is 13. The average molecular weight is 678 g/mol. The van der Waals surface area contributed by atoms with Gasteiger partial charge in [-0.2, -0.15) is 0 Å². The van der Waals surface area contributed by atoms with Gasteiger partial charge in [0.1, 0.15) is 11.6 Å². The lowest BCUT2D eigenvalue weighted by Gasteiger charge is -2.40. The summed E-state index contributed by atoms with van der Waals surface area (Å²) in [6.45, 7) is 3.83. The minimum absolute atomic E-state index is 0.0215. The highest BCUT2D eigenvalue weighted by Crippen LogP contribution is 2.50. The fraction of sp³-hybridized carbons (Fsp3) is 0.412. The molecule has 8 nitrogen and oxygen atoms in total. The average Bonchev–Trinajstić information content (AvgIpc) is 3.29. The van der Waals surface area contributed by atoms with Crippen molar-refractivity contribution in [2.24, 2.45) is 11.1 Å². The van der Waals surface area contributed by atoms with Gasteiger partial charge in [0, 0.05) is 41.2 Å². The van der Waals surface area contributed by atoms with E-state index >= 15 is 8.78 Å². The number of carbonyl (C=O) groups excluding carboxylic acids is 2. The van der Waals surface area contributed by atoms with Crippen molar-refractivity contribution < 1.29 is 28.6 Å². The van der Waals surface area contributed by atoms with E-state index in [1.54, 1.807) is 30.3 Å². The van der Waals surface area contributed by atoms with E-state index in [0.717, 1.165) is 6.07 Å². The first-order valence-corrected chi connectivity index (χ1v) is 15.9. The number of benzene rings is 3. The highest BCUT2D eigenvalue weighted by Gasteiger charge is 2.58. The molecule has 4 rings (SSSR count). The van der Waals surface area contributed by atoms with E-state index in [0.29, 0.717) is 24.9 Å². The number of hydrogen-bond acceptors (Lipinski definition) is 6. The number of nitrogens with two attached hydrogens (primary N) is 1. The summed E-state index contributed by atoms with van der Waals surface area (Å²) in [7, 11) is 0. The summed E-state index contributed by atoms with van der Waals surface area (Å²) in [6.07, 6.45) is -0.144. The quantitative estimate of drug-likeness (QED) is 0.156. The van der Waals surface area contributed by atoms with Crippen LogP contribution < -0.4 is 21.7 Å². The van der Waals surface area contributed by atoms with Crippen molar-refractivity contribution in [2.75, 3.05) is 19.7 Å². The molecule has 0 bridgehead atoms. The summed E-state index contributed by atoms with van der Waals surface area (Å²) in [4.78, 5) is 26.4. The van der Waals surface area contributed by atoms with Crippen molar-refractivity contribution in [1.82, 2.24) is 16.0 Å². The summed E-state index contributed by atoms with van der Waals surface area (Å²) in [5, 5.41) is 27.9. The van der Waals surface area contributed by atoms with Gasteiger partial charge in [0.25, 0.3) is 5.91 Å². The van der Waals surface area contributed by atoms with Gasteiger partial charge in [-0.15, -0.1) is 0 Å². The van der Waals surface area contributed by atoms with Crippen LogP contribution in [0.5, 0.6) is 0 Å². The van der Waals surface area contributed by atoms with Gasteiger partial charge in [-0.3, -0.25) is 9.59 Å². The zero-order valence-electron chi connectivity index (χ0n) is 25.7. The first kappa shape index (κ1) is 35.7. The van der Waals surface area contributed by atoms with Gasteiger partial charge in [0.05, 0.1) is 29.3 Å². The number of amides is 2. The van der Waals surface area contributed by atoms with Crippen LogP contribution in [0.1, 0.15) is 60.5 Å². The summed E-state index contributed by atoms with van der Waals surface area (Å²) < 4.78 is 31.6. The maximum atomic E-state index is 15.8. The third-order valence-electron chi connectivity index (χ3n) is 8.67. The van der Waals surface area contributed by atoms with Crippen LogP contribution >= 0.6 is 23.2 Å². The predicted octanol–water partition coefficient (Wildman–Crippen LogP) is 4.65. The van der Waals surface area contributed by atoms with E-state index < -0.39 is 59.2 Å². The minimum Gasteiger partial charge on any atom is -0.394 e. The van der Waals surface area contributed by atoms with Crippen LogP contribution in [0.4, 0.5) is 8.78 Å². The predicted molar refractivity (Wildman–Crippen MR) is 175 cm³/mol. The Hall–Kier alpha value is -3.12. The van der Waals surface area contributed by atoms with Gasteiger partial charge in [-0.05, 0) is 60.6 Å². The highest BCUT2D eigenvalue weighted by atomic mass is 35.5. The molecule has 1 heterocycles. The Morgan fingerprint density at radius 2 is 1.76 bits per heavy atom. The molecule has 7 N–H and O–H groups in total. The molecule has 1 fully saturated rings. The van der Waals surface area contributed by atoms with Gasteiger partial charge in [-0.25, -0.2) is 8.78 Å². The normalized spacial score (nSPS) is 22.0. The Morgan fingerprint density at radius 3 is 2.43 bits per heavy atom. The molecule has 248 valence electrons. The topological polar surface area (TPSA) is 137 Å². The molecule has 12 heteroatoms. The van der Waals surface area contributed by atoms with Crippen molar-refractivity contribution in [3.63, 3.8) is 0 Å². The summed E-state index contributed by atoms with van der Waals surface area (Å²) >= 11 is 12.3. The highest BCUT2D eigenvalue weighted by molar-refractivity contribution is 6.31. The van der Waals surface area contributed by atoms with E-state index in [4.69, 9.17) is 28.9 Å². The van der Waals surface area contributed by atoms with Crippen LogP contribution in [-0.2, 0) is 10.3 Å². The largest absolute Gasteiger partial charge is 0.394 e. The van der Waals surface area contributed by atoms with Gasteiger partial charge in [-0.1, -0.05) is 73.4 Å².